The van der Waals surface area contributed by atoms with Crippen molar-refractivity contribution in [2.24, 2.45) is 0 Å². The number of nitrogens with two attached hydrogens (primary N) is 1. The molecule has 0 bridgehead atoms. The maximum Gasteiger partial charge on any atom is 0.228 e. The first-order valence-electron chi connectivity index (χ1n) is 9.85. The molecule has 1 aliphatic rings. The Bertz CT molecular complexity index is 1170. The summed E-state index contributed by atoms with van der Waals surface area (Å²) >= 11 is 8.07. The Kier molecular flexibility index (Phi) is 5.23. The first-order valence-corrected chi connectivity index (χ1v) is 11.4. The second-order valence-electron chi connectivity index (χ2n) is 7.21. The van der Waals surface area contributed by atoms with Gasteiger partial charge in [-0.25, -0.2) is 9.67 Å². The number of anilines is 2. The van der Waals surface area contributed by atoms with Gasteiger partial charge in [0.15, 0.2) is 5.65 Å². The summed E-state index contributed by atoms with van der Waals surface area (Å²) in [6, 6.07) is 17.8. The van der Waals surface area contributed by atoms with Crippen molar-refractivity contribution in [2.45, 2.75) is 6.54 Å². The van der Waals surface area contributed by atoms with Gasteiger partial charge >= 0.3 is 0 Å². The Morgan fingerprint density at radius 1 is 0.967 bits per heavy atom. The van der Waals surface area contributed by atoms with Crippen molar-refractivity contribution >= 4 is 46.2 Å². The van der Waals surface area contributed by atoms with Gasteiger partial charge in [0.2, 0.25) is 5.95 Å². The second-order valence-corrected chi connectivity index (χ2v) is 8.87. The molecule has 30 heavy (non-hydrogen) atoms. The number of benzene rings is 2. The van der Waals surface area contributed by atoms with E-state index in [9.17, 15) is 0 Å². The summed E-state index contributed by atoms with van der Waals surface area (Å²) in [4.78, 5) is 12.0. The molecule has 0 amide bonds. The lowest BCUT2D eigenvalue weighted by Gasteiger charge is -2.26. The molecule has 8 heteroatoms. The number of rotatable bonds is 4. The Morgan fingerprint density at radius 2 is 1.70 bits per heavy atom. The molecule has 1 aliphatic heterocycles. The highest BCUT2D eigenvalue weighted by atomic mass is 35.5. The molecule has 0 radical (unpaired) electrons. The predicted molar refractivity (Wildman–Crippen MR) is 125 cm³/mol. The lowest BCUT2D eigenvalue weighted by Crippen LogP contribution is -2.33. The molecule has 5 rings (SSSR count). The summed E-state index contributed by atoms with van der Waals surface area (Å²) < 4.78 is 1.81. The molecule has 0 aliphatic carbocycles. The zero-order valence-corrected chi connectivity index (χ0v) is 17.9. The fraction of sp³-hybridized carbons (Fsp3) is 0.227. The van der Waals surface area contributed by atoms with Crippen molar-refractivity contribution in [3.63, 3.8) is 0 Å². The number of hydrogen-bond acceptors (Lipinski definition) is 6. The van der Waals surface area contributed by atoms with Crippen molar-refractivity contribution < 1.29 is 0 Å². The molecule has 0 unspecified atom stereocenters. The van der Waals surface area contributed by atoms with Crippen LogP contribution < -0.4 is 10.6 Å². The monoisotopic (exact) mass is 436 g/mol. The second kappa shape index (κ2) is 8.16. The van der Waals surface area contributed by atoms with Crippen molar-refractivity contribution in [1.82, 2.24) is 19.7 Å². The number of halogens is 1. The van der Waals surface area contributed by atoms with Gasteiger partial charge in [-0.1, -0.05) is 54.1 Å². The molecule has 152 valence electrons. The number of fused-ring (bicyclic) bond motifs is 1. The lowest BCUT2D eigenvalue weighted by molar-refractivity contribution is 0.703. The van der Waals surface area contributed by atoms with E-state index in [1.54, 1.807) is 0 Å². The van der Waals surface area contributed by atoms with Gasteiger partial charge in [0.1, 0.15) is 5.82 Å². The minimum Gasteiger partial charge on any atom is -0.383 e. The van der Waals surface area contributed by atoms with Crippen molar-refractivity contribution in [3.05, 3.63) is 65.2 Å². The highest BCUT2D eigenvalue weighted by Crippen LogP contribution is 2.33. The minimum atomic E-state index is 0.569. The van der Waals surface area contributed by atoms with Crippen LogP contribution in [0, 0.1) is 0 Å². The molecule has 4 aromatic rings. The maximum absolute atomic E-state index is 6.56. The highest BCUT2D eigenvalue weighted by Gasteiger charge is 2.22. The van der Waals surface area contributed by atoms with E-state index >= 15 is 0 Å². The van der Waals surface area contributed by atoms with E-state index in [1.165, 1.54) is 0 Å². The van der Waals surface area contributed by atoms with Gasteiger partial charge in [0.25, 0.3) is 0 Å². The van der Waals surface area contributed by atoms with Crippen molar-refractivity contribution in [2.75, 3.05) is 35.2 Å². The van der Waals surface area contributed by atoms with Gasteiger partial charge in [-0.3, -0.25) is 0 Å². The molecule has 3 heterocycles. The first-order chi connectivity index (χ1) is 14.7. The van der Waals surface area contributed by atoms with Gasteiger partial charge in [-0.2, -0.15) is 16.7 Å². The van der Waals surface area contributed by atoms with E-state index in [0.717, 1.165) is 46.8 Å². The van der Waals surface area contributed by atoms with Crippen LogP contribution >= 0.6 is 23.4 Å². The Balaban J connectivity index is 1.66. The maximum atomic E-state index is 6.56. The Labute approximate surface area is 184 Å². The Morgan fingerprint density at radius 3 is 2.43 bits per heavy atom. The van der Waals surface area contributed by atoms with Gasteiger partial charge in [-0.15, -0.1) is 5.10 Å². The largest absolute Gasteiger partial charge is 0.383 e. The summed E-state index contributed by atoms with van der Waals surface area (Å²) in [5, 5.41) is 6.22. The molecule has 6 nitrogen and oxygen atoms in total. The van der Waals surface area contributed by atoms with Gasteiger partial charge in [0.05, 0.1) is 17.6 Å². The van der Waals surface area contributed by atoms with Crippen LogP contribution in [0.25, 0.3) is 22.3 Å². The van der Waals surface area contributed by atoms with Crippen LogP contribution in [0.2, 0.25) is 5.02 Å². The normalized spacial score (nSPS) is 14.4. The quantitative estimate of drug-likeness (QED) is 0.513. The Hall–Kier alpha value is -2.77. The van der Waals surface area contributed by atoms with Crippen molar-refractivity contribution in [3.8, 4) is 11.3 Å². The highest BCUT2D eigenvalue weighted by molar-refractivity contribution is 7.99. The fourth-order valence-electron chi connectivity index (χ4n) is 3.64. The molecule has 2 N–H and O–H groups in total. The van der Waals surface area contributed by atoms with Crippen LogP contribution in [0.4, 0.5) is 11.8 Å². The van der Waals surface area contributed by atoms with E-state index < -0.39 is 0 Å². The van der Waals surface area contributed by atoms with Gasteiger partial charge < -0.3 is 10.6 Å². The predicted octanol–water partition coefficient (Wildman–Crippen LogP) is 4.33. The molecule has 1 fully saturated rings. The molecule has 0 spiro atoms. The number of nitrogens with zero attached hydrogens (tertiary/aromatic N) is 5. The standard InChI is InChI=1S/C22H21ClN6S/c23-17-8-6-16(7-9-17)19-18-20(24)29(14-15-4-2-1-3-5-15)27-21(18)26-22(25-19)28-10-12-30-13-11-28/h1-9H,10-14,24H2. The zero-order valence-electron chi connectivity index (χ0n) is 16.3. The van der Waals surface area contributed by atoms with Crippen LogP contribution in [-0.4, -0.2) is 44.3 Å². The first kappa shape index (κ1) is 19.2. The summed E-state index contributed by atoms with van der Waals surface area (Å²) in [6.45, 7) is 2.44. The van der Waals surface area contributed by atoms with E-state index in [0.29, 0.717) is 29.0 Å². The summed E-state index contributed by atoms with van der Waals surface area (Å²) in [5.74, 6) is 3.42. The zero-order chi connectivity index (χ0) is 20.5. The molecule has 1 saturated heterocycles. The number of nitrogen functional groups attached to an aromatic ring is 1. The lowest BCUT2D eigenvalue weighted by atomic mass is 10.1. The molecule has 2 aromatic carbocycles. The van der Waals surface area contributed by atoms with Gasteiger partial charge in [-0.05, 0) is 17.7 Å². The average Bonchev–Trinajstić information content (AvgIpc) is 3.10. The molecule has 0 atom stereocenters. The number of thioether (sulfide) groups is 1. The van der Waals surface area contributed by atoms with Crippen LogP contribution in [0.3, 0.4) is 0 Å². The number of aromatic nitrogens is 4. The SMILES string of the molecule is Nc1c2c(-c3ccc(Cl)cc3)nc(N3CCSCC3)nc2nn1Cc1ccccc1. The van der Waals surface area contributed by atoms with Crippen molar-refractivity contribution in [1.29, 1.82) is 0 Å². The third kappa shape index (κ3) is 3.70. The molecule has 0 saturated carbocycles. The third-order valence-corrected chi connectivity index (χ3v) is 6.41. The topological polar surface area (TPSA) is 72.9 Å². The van der Waals surface area contributed by atoms with Crippen LogP contribution in [0.5, 0.6) is 0 Å². The molecular weight excluding hydrogens is 416 g/mol. The van der Waals surface area contributed by atoms with Crippen LogP contribution in [0.1, 0.15) is 5.56 Å². The molecule has 2 aromatic heterocycles. The van der Waals surface area contributed by atoms with Crippen LogP contribution in [-0.2, 0) is 6.54 Å². The summed E-state index contributed by atoms with van der Waals surface area (Å²) in [7, 11) is 0. The third-order valence-electron chi connectivity index (χ3n) is 5.21. The van der Waals surface area contributed by atoms with Crippen LogP contribution in [0.15, 0.2) is 54.6 Å². The minimum absolute atomic E-state index is 0.569. The van der Waals surface area contributed by atoms with E-state index in [4.69, 9.17) is 32.4 Å². The van der Waals surface area contributed by atoms with E-state index in [2.05, 4.69) is 17.0 Å². The van der Waals surface area contributed by atoms with E-state index in [1.807, 2.05) is 58.9 Å². The molecular formula is C22H21ClN6S. The average molecular weight is 437 g/mol. The summed E-state index contributed by atoms with van der Waals surface area (Å²) in [5.41, 5.74) is 10.1. The van der Waals surface area contributed by atoms with E-state index in [-0.39, 0.29) is 0 Å². The number of hydrogen-bond donors (Lipinski definition) is 1. The van der Waals surface area contributed by atoms with Gasteiger partial charge in [0, 0.05) is 35.2 Å². The smallest absolute Gasteiger partial charge is 0.228 e. The summed E-state index contributed by atoms with van der Waals surface area (Å²) in [6.07, 6.45) is 0. The fourth-order valence-corrected chi connectivity index (χ4v) is 4.67.